The van der Waals surface area contributed by atoms with Crippen LogP contribution in [0, 0.1) is 0 Å². The van der Waals surface area contributed by atoms with E-state index in [0.717, 1.165) is 0 Å². The van der Waals surface area contributed by atoms with Gasteiger partial charge in [0.1, 0.15) is 6.54 Å². The van der Waals surface area contributed by atoms with Crippen LogP contribution in [0.4, 0.5) is 5.69 Å². The number of nitrogens with zero attached hydrogens (tertiary/aromatic N) is 2. The Morgan fingerprint density at radius 3 is 2.59 bits per heavy atom. The first-order valence-corrected chi connectivity index (χ1v) is 8.76. The van der Waals surface area contributed by atoms with Crippen molar-refractivity contribution in [1.82, 2.24) is 9.55 Å². The standard InChI is InChI=1S/C20H21N3O4/c1-3-26-17-10-9-14(11-18(17)27-4-2)22-19(24)13-23-16-8-6-5-7-15(16)21-12-20(23)25/h5-12H,3-4,13H2,1-2H3,(H,22,24). The van der Waals surface area contributed by atoms with Crippen molar-refractivity contribution < 1.29 is 14.3 Å². The molecule has 0 fully saturated rings. The van der Waals surface area contributed by atoms with Crippen molar-refractivity contribution in [3.05, 3.63) is 59.0 Å². The molecule has 0 aliphatic rings. The van der Waals surface area contributed by atoms with Crippen LogP contribution in [0.25, 0.3) is 11.0 Å². The minimum atomic E-state index is -0.328. The lowest BCUT2D eigenvalue weighted by atomic mass is 10.2. The van der Waals surface area contributed by atoms with E-state index in [1.807, 2.05) is 19.9 Å². The zero-order valence-electron chi connectivity index (χ0n) is 15.3. The summed E-state index contributed by atoms with van der Waals surface area (Å²) in [6, 6.07) is 12.4. The monoisotopic (exact) mass is 367 g/mol. The minimum absolute atomic E-state index is 0.112. The fraction of sp³-hybridized carbons (Fsp3) is 0.250. The third-order valence-corrected chi connectivity index (χ3v) is 3.88. The van der Waals surface area contributed by atoms with Gasteiger partial charge in [-0.15, -0.1) is 0 Å². The van der Waals surface area contributed by atoms with Crippen molar-refractivity contribution in [3.8, 4) is 11.5 Å². The predicted molar refractivity (Wildman–Crippen MR) is 103 cm³/mol. The highest BCUT2D eigenvalue weighted by atomic mass is 16.5. The molecule has 0 unspecified atom stereocenters. The number of amides is 1. The Hall–Kier alpha value is -3.35. The lowest BCUT2D eigenvalue weighted by Crippen LogP contribution is -2.28. The van der Waals surface area contributed by atoms with Gasteiger partial charge in [-0.2, -0.15) is 0 Å². The average molecular weight is 367 g/mol. The molecule has 140 valence electrons. The number of anilines is 1. The highest BCUT2D eigenvalue weighted by molar-refractivity contribution is 5.91. The molecule has 3 aromatic rings. The van der Waals surface area contributed by atoms with E-state index >= 15 is 0 Å². The Morgan fingerprint density at radius 1 is 1.07 bits per heavy atom. The second-order valence-electron chi connectivity index (χ2n) is 5.75. The number of rotatable bonds is 7. The summed E-state index contributed by atoms with van der Waals surface area (Å²) >= 11 is 0. The van der Waals surface area contributed by atoms with Gasteiger partial charge in [-0.05, 0) is 38.1 Å². The third-order valence-electron chi connectivity index (χ3n) is 3.88. The van der Waals surface area contributed by atoms with E-state index in [2.05, 4.69) is 10.3 Å². The minimum Gasteiger partial charge on any atom is -0.490 e. The van der Waals surface area contributed by atoms with Crippen molar-refractivity contribution in [1.29, 1.82) is 0 Å². The van der Waals surface area contributed by atoms with Gasteiger partial charge in [0.2, 0.25) is 5.91 Å². The molecule has 0 aliphatic heterocycles. The predicted octanol–water partition coefficient (Wildman–Crippen LogP) is 2.83. The molecule has 7 nitrogen and oxygen atoms in total. The summed E-state index contributed by atoms with van der Waals surface area (Å²) in [5.74, 6) is 0.859. The van der Waals surface area contributed by atoms with Crippen LogP contribution >= 0.6 is 0 Å². The van der Waals surface area contributed by atoms with Gasteiger partial charge in [0.25, 0.3) is 5.56 Å². The fourth-order valence-electron chi connectivity index (χ4n) is 2.75. The molecular weight excluding hydrogens is 346 g/mol. The number of carbonyl (C=O) groups is 1. The van der Waals surface area contributed by atoms with Gasteiger partial charge in [-0.1, -0.05) is 12.1 Å². The number of para-hydroxylation sites is 2. The Balaban J connectivity index is 1.81. The molecule has 0 saturated heterocycles. The van der Waals surface area contributed by atoms with Gasteiger partial charge in [0.15, 0.2) is 11.5 Å². The van der Waals surface area contributed by atoms with Crippen LogP contribution in [0.1, 0.15) is 13.8 Å². The van der Waals surface area contributed by atoms with E-state index in [-0.39, 0.29) is 18.0 Å². The van der Waals surface area contributed by atoms with Gasteiger partial charge in [-0.25, -0.2) is 4.98 Å². The molecule has 0 spiro atoms. The van der Waals surface area contributed by atoms with Crippen molar-refractivity contribution in [2.45, 2.75) is 20.4 Å². The molecular formula is C20H21N3O4. The summed E-state index contributed by atoms with van der Waals surface area (Å²) in [6.07, 6.45) is 1.22. The zero-order chi connectivity index (χ0) is 19.2. The molecule has 1 heterocycles. The topological polar surface area (TPSA) is 82.5 Å². The second-order valence-corrected chi connectivity index (χ2v) is 5.75. The first kappa shape index (κ1) is 18.4. The average Bonchev–Trinajstić information content (AvgIpc) is 2.66. The van der Waals surface area contributed by atoms with Gasteiger partial charge < -0.3 is 14.8 Å². The Bertz CT molecular complexity index is 1010. The Labute approximate surface area is 156 Å². The van der Waals surface area contributed by atoms with E-state index in [9.17, 15) is 9.59 Å². The number of hydrogen-bond donors (Lipinski definition) is 1. The van der Waals surface area contributed by atoms with E-state index in [1.165, 1.54) is 10.8 Å². The largest absolute Gasteiger partial charge is 0.490 e. The Morgan fingerprint density at radius 2 is 1.81 bits per heavy atom. The zero-order valence-corrected chi connectivity index (χ0v) is 15.3. The van der Waals surface area contributed by atoms with Crippen molar-refractivity contribution in [2.24, 2.45) is 0 Å². The molecule has 2 aromatic carbocycles. The number of fused-ring (bicyclic) bond motifs is 1. The summed E-state index contributed by atoms with van der Waals surface area (Å²) in [5.41, 5.74) is 1.51. The molecule has 1 amide bonds. The number of benzene rings is 2. The van der Waals surface area contributed by atoms with Crippen molar-refractivity contribution >= 4 is 22.6 Å². The Kier molecular flexibility index (Phi) is 5.71. The van der Waals surface area contributed by atoms with Crippen molar-refractivity contribution in [2.75, 3.05) is 18.5 Å². The molecule has 0 atom stereocenters. The first-order chi connectivity index (χ1) is 13.1. The van der Waals surface area contributed by atoms with E-state index in [4.69, 9.17) is 9.47 Å². The molecule has 0 aliphatic carbocycles. The van der Waals surface area contributed by atoms with Crippen LogP contribution < -0.4 is 20.3 Å². The van der Waals surface area contributed by atoms with Gasteiger partial charge >= 0.3 is 0 Å². The molecule has 1 aromatic heterocycles. The number of aromatic nitrogens is 2. The summed E-state index contributed by atoms with van der Waals surface area (Å²) in [6.45, 7) is 4.66. The number of carbonyl (C=O) groups excluding carboxylic acids is 1. The SMILES string of the molecule is CCOc1ccc(NC(=O)Cn2c(=O)cnc3ccccc32)cc1OCC. The molecule has 0 saturated carbocycles. The first-order valence-electron chi connectivity index (χ1n) is 8.76. The van der Waals surface area contributed by atoms with Gasteiger partial charge in [-0.3, -0.25) is 14.2 Å². The van der Waals surface area contributed by atoms with Crippen LogP contribution in [0.5, 0.6) is 11.5 Å². The lowest BCUT2D eigenvalue weighted by molar-refractivity contribution is -0.116. The summed E-state index contributed by atoms with van der Waals surface area (Å²) < 4.78 is 12.5. The van der Waals surface area contributed by atoms with E-state index < -0.39 is 0 Å². The quantitative estimate of drug-likeness (QED) is 0.694. The number of ether oxygens (including phenoxy) is 2. The van der Waals surface area contributed by atoms with E-state index in [1.54, 1.807) is 36.4 Å². The van der Waals surface area contributed by atoms with Crippen LogP contribution in [-0.2, 0) is 11.3 Å². The maximum Gasteiger partial charge on any atom is 0.269 e. The van der Waals surface area contributed by atoms with Crippen LogP contribution in [0.3, 0.4) is 0 Å². The van der Waals surface area contributed by atoms with Crippen LogP contribution in [0.2, 0.25) is 0 Å². The normalized spacial score (nSPS) is 10.6. The number of hydrogen-bond acceptors (Lipinski definition) is 5. The maximum absolute atomic E-state index is 12.5. The molecule has 7 heteroatoms. The molecule has 0 bridgehead atoms. The maximum atomic E-state index is 12.5. The summed E-state index contributed by atoms with van der Waals surface area (Å²) in [7, 11) is 0. The van der Waals surface area contributed by atoms with Crippen LogP contribution in [-0.4, -0.2) is 28.7 Å². The number of nitrogens with one attached hydrogen (secondary N) is 1. The van der Waals surface area contributed by atoms with E-state index in [0.29, 0.717) is 41.4 Å². The molecule has 3 rings (SSSR count). The van der Waals surface area contributed by atoms with Crippen LogP contribution in [0.15, 0.2) is 53.5 Å². The summed E-state index contributed by atoms with van der Waals surface area (Å²) in [5, 5.41) is 2.80. The highest BCUT2D eigenvalue weighted by Crippen LogP contribution is 2.30. The van der Waals surface area contributed by atoms with Crippen molar-refractivity contribution in [3.63, 3.8) is 0 Å². The molecule has 1 N–H and O–H groups in total. The second kappa shape index (κ2) is 8.35. The smallest absolute Gasteiger partial charge is 0.269 e. The summed E-state index contributed by atoms with van der Waals surface area (Å²) in [4.78, 5) is 28.8. The third kappa shape index (κ3) is 4.25. The highest BCUT2D eigenvalue weighted by Gasteiger charge is 2.11. The van der Waals surface area contributed by atoms with Gasteiger partial charge in [0.05, 0.1) is 30.4 Å². The fourth-order valence-corrected chi connectivity index (χ4v) is 2.75. The molecule has 0 radical (unpaired) electrons. The lowest BCUT2D eigenvalue weighted by Gasteiger charge is -2.14. The van der Waals surface area contributed by atoms with Gasteiger partial charge in [0, 0.05) is 11.8 Å². The molecule has 27 heavy (non-hydrogen) atoms.